The minimum Gasteiger partial charge on any atom is -0.475 e. The Morgan fingerprint density at radius 2 is 1.88 bits per heavy atom. The molecule has 1 aromatic carbocycles. The number of hydrogen-bond donors (Lipinski definition) is 2. The summed E-state index contributed by atoms with van der Waals surface area (Å²) in [6, 6.07) is 10.8. The second-order valence-electron chi connectivity index (χ2n) is 6.82. The largest absolute Gasteiger partial charge is 0.490 e. The Kier molecular flexibility index (Phi) is 7.07. The van der Waals surface area contributed by atoms with Crippen LogP contribution < -0.4 is 5.32 Å². The van der Waals surface area contributed by atoms with Gasteiger partial charge in [0.15, 0.2) is 5.58 Å². The van der Waals surface area contributed by atoms with Crippen LogP contribution in [-0.2, 0) is 21.4 Å². The summed E-state index contributed by atoms with van der Waals surface area (Å²) >= 11 is 0. The van der Waals surface area contributed by atoms with Crippen LogP contribution in [0.5, 0.6) is 0 Å². The van der Waals surface area contributed by atoms with E-state index >= 15 is 0 Å². The molecule has 4 rings (SSSR count). The highest BCUT2D eigenvalue weighted by Gasteiger charge is 2.38. The average molecular weight is 499 g/mol. The van der Waals surface area contributed by atoms with Gasteiger partial charge in [-0.1, -0.05) is 12.1 Å². The summed E-state index contributed by atoms with van der Waals surface area (Å²) in [6.07, 6.45) is -0.879. The van der Waals surface area contributed by atoms with Crippen molar-refractivity contribution in [2.24, 2.45) is 0 Å². The normalized spacial score (nSPS) is 11.8. The van der Waals surface area contributed by atoms with Crippen molar-refractivity contribution in [1.82, 2.24) is 14.3 Å². The Morgan fingerprint density at radius 3 is 2.50 bits per heavy atom. The third-order valence-electron chi connectivity index (χ3n) is 4.45. The van der Waals surface area contributed by atoms with E-state index in [1.165, 1.54) is 30.8 Å². The fraction of sp³-hybridized carbons (Fsp3) is 0.143. The molecule has 3 heterocycles. The number of benzene rings is 1. The number of pyridine rings is 1. The number of nitrogens with one attached hydrogen (secondary N) is 1. The Bertz CT molecular complexity index is 1430. The van der Waals surface area contributed by atoms with Gasteiger partial charge in [0.1, 0.15) is 16.2 Å². The Hall–Kier alpha value is -3.71. The second-order valence-corrected chi connectivity index (χ2v) is 8.64. The van der Waals surface area contributed by atoms with Crippen LogP contribution in [0.15, 0.2) is 70.4 Å². The molecule has 0 saturated heterocycles. The van der Waals surface area contributed by atoms with Crippen LogP contribution in [0, 0.1) is 5.82 Å². The second kappa shape index (κ2) is 9.65. The molecule has 0 amide bonds. The summed E-state index contributed by atoms with van der Waals surface area (Å²) < 4.78 is 79.0. The van der Waals surface area contributed by atoms with Crippen molar-refractivity contribution in [3.8, 4) is 11.3 Å². The summed E-state index contributed by atoms with van der Waals surface area (Å²) in [7, 11) is -2.25. The van der Waals surface area contributed by atoms with Crippen LogP contribution in [0.2, 0.25) is 0 Å². The van der Waals surface area contributed by atoms with Crippen molar-refractivity contribution < 1.29 is 40.3 Å². The molecule has 8 nitrogen and oxygen atoms in total. The van der Waals surface area contributed by atoms with Gasteiger partial charge in [-0.15, -0.1) is 0 Å². The number of fused-ring (bicyclic) bond motifs is 1. The van der Waals surface area contributed by atoms with Gasteiger partial charge in [0, 0.05) is 36.6 Å². The van der Waals surface area contributed by atoms with Gasteiger partial charge in [-0.25, -0.2) is 21.6 Å². The van der Waals surface area contributed by atoms with E-state index in [0.29, 0.717) is 23.2 Å². The number of carboxylic acids is 1. The lowest BCUT2D eigenvalue weighted by Gasteiger charge is -2.11. The van der Waals surface area contributed by atoms with Crippen LogP contribution in [0.25, 0.3) is 22.4 Å². The van der Waals surface area contributed by atoms with E-state index < -0.39 is 28.0 Å². The molecule has 0 atom stereocenters. The maximum absolute atomic E-state index is 14.4. The SMILES string of the molecule is CNCc1cc(-c2ccccc2F)n(S(=O)(=O)c2cnc3ccoc3c2)c1.O=C(O)C(F)(F)F. The van der Waals surface area contributed by atoms with Gasteiger partial charge >= 0.3 is 12.1 Å². The molecule has 0 aliphatic rings. The van der Waals surface area contributed by atoms with E-state index in [1.807, 2.05) is 0 Å². The molecule has 2 N–H and O–H groups in total. The third-order valence-corrected chi connectivity index (χ3v) is 6.09. The molecule has 0 saturated carbocycles. The van der Waals surface area contributed by atoms with Gasteiger partial charge in [-0.3, -0.25) is 4.98 Å². The zero-order valence-corrected chi connectivity index (χ0v) is 18.2. The number of carbonyl (C=O) groups is 1. The van der Waals surface area contributed by atoms with E-state index in [-0.39, 0.29) is 16.2 Å². The topological polar surface area (TPSA) is 114 Å². The van der Waals surface area contributed by atoms with Crippen LogP contribution in [0.1, 0.15) is 5.56 Å². The molecule has 34 heavy (non-hydrogen) atoms. The maximum atomic E-state index is 14.4. The van der Waals surface area contributed by atoms with Gasteiger partial charge in [-0.2, -0.15) is 13.2 Å². The van der Waals surface area contributed by atoms with Crippen molar-refractivity contribution in [3.63, 3.8) is 0 Å². The summed E-state index contributed by atoms with van der Waals surface area (Å²) in [5, 5.41) is 10.1. The monoisotopic (exact) mass is 499 g/mol. The summed E-state index contributed by atoms with van der Waals surface area (Å²) in [4.78, 5) is 13.0. The van der Waals surface area contributed by atoms with Crippen molar-refractivity contribution >= 4 is 27.1 Å². The predicted molar refractivity (Wildman–Crippen MR) is 113 cm³/mol. The average Bonchev–Trinajstić information content (AvgIpc) is 3.41. The molecule has 0 aliphatic heterocycles. The summed E-state index contributed by atoms with van der Waals surface area (Å²) in [5.41, 5.74) is 2.09. The Balaban J connectivity index is 0.000000406. The van der Waals surface area contributed by atoms with Crippen LogP contribution >= 0.6 is 0 Å². The van der Waals surface area contributed by atoms with E-state index in [2.05, 4.69) is 10.3 Å². The fourth-order valence-corrected chi connectivity index (χ4v) is 4.30. The van der Waals surface area contributed by atoms with Crippen molar-refractivity contribution in [2.75, 3.05) is 7.05 Å². The highest BCUT2D eigenvalue weighted by atomic mass is 32.2. The molecular formula is C21H17F4N3O5S. The number of alkyl halides is 3. The first-order chi connectivity index (χ1) is 15.9. The van der Waals surface area contributed by atoms with Crippen molar-refractivity contribution in [2.45, 2.75) is 17.6 Å². The van der Waals surface area contributed by atoms with Gasteiger partial charge in [0.2, 0.25) is 0 Å². The Morgan fingerprint density at radius 1 is 1.21 bits per heavy atom. The van der Waals surface area contributed by atoms with Crippen LogP contribution in [-0.4, -0.2) is 41.7 Å². The zero-order valence-electron chi connectivity index (χ0n) is 17.4. The van der Waals surface area contributed by atoms with E-state index in [4.69, 9.17) is 14.3 Å². The Labute approximate surface area is 190 Å². The molecule has 0 fully saturated rings. The number of halogens is 4. The number of carboxylic acid groups (broad SMARTS) is 1. The predicted octanol–water partition coefficient (Wildman–Crippen LogP) is 4.03. The van der Waals surface area contributed by atoms with E-state index in [9.17, 15) is 26.0 Å². The van der Waals surface area contributed by atoms with E-state index in [0.717, 1.165) is 3.97 Å². The van der Waals surface area contributed by atoms with Crippen LogP contribution in [0.4, 0.5) is 17.6 Å². The number of aromatic nitrogens is 2. The molecule has 13 heteroatoms. The zero-order chi connectivity index (χ0) is 25.1. The van der Waals surface area contributed by atoms with Crippen molar-refractivity contribution in [1.29, 1.82) is 0 Å². The van der Waals surface area contributed by atoms with Gasteiger partial charge in [0.05, 0.1) is 12.0 Å². The molecule has 0 spiro atoms. The number of rotatable bonds is 5. The minimum absolute atomic E-state index is 0.0332. The quantitative estimate of drug-likeness (QED) is 0.399. The molecule has 3 aromatic heterocycles. The smallest absolute Gasteiger partial charge is 0.475 e. The lowest BCUT2D eigenvalue weighted by Crippen LogP contribution is -2.21. The third kappa shape index (κ3) is 5.26. The lowest BCUT2D eigenvalue weighted by atomic mass is 10.1. The molecule has 0 unspecified atom stereocenters. The molecular weight excluding hydrogens is 482 g/mol. The standard InChI is InChI=1S/C19H16FN3O3S.C2HF3O2/c1-21-10-13-8-18(15-4-2-3-5-16(15)20)23(12-13)27(24,25)14-9-19-17(22-11-14)6-7-26-19;3-2(4,5)1(6)7/h2-9,11-12,21H,10H2,1H3;(H,6,7). The van der Waals surface area contributed by atoms with Crippen LogP contribution in [0.3, 0.4) is 0 Å². The summed E-state index contributed by atoms with van der Waals surface area (Å²) in [6.45, 7) is 0.444. The minimum atomic E-state index is -5.08. The number of furan rings is 1. The first-order valence-corrected chi connectivity index (χ1v) is 10.9. The molecule has 0 bridgehead atoms. The van der Waals surface area contributed by atoms with Crippen molar-refractivity contribution in [3.05, 3.63) is 72.5 Å². The van der Waals surface area contributed by atoms with Gasteiger partial charge < -0.3 is 14.8 Å². The number of aliphatic carboxylic acids is 1. The molecule has 4 aromatic rings. The van der Waals surface area contributed by atoms with E-state index in [1.54, 1.807) is 37.4 Å². The molecule has 180 valence electrons. The highest BCUT2D eigenvalue weighted by molar-refractivity contribution is 7.90. The lowest BCUT2D eigenvalue weighted by molar-refractivity contribution is -0.192. The molecule has 0 aliphatic carbocycles. The maximum Gasteiger partial charge on any atom is 0.490 e. The number of hydrogen-bond acceptors (Lipinski definition) is 6. The fourth-order valence-electron chi connectivity index (χ4n) is 2.94. The van der Waals surface area contributed by atoms with Gasteiger partial charge in [-0.05, 0) is 30.8 Å². The first kappa shape index (κ1) is 24.9. The molecule has 0 radical (unpaired) electrons. The highest BCUT2D eigenvalue weighted by Crippen LogP contribution is 2.29. The first-order valence-electron chi connectivity index (χ1n) is 9.45. The summed E-state index contributed by atoms with van der Waals surface area (Å²) in [5.74, 6) is -3.25. The van der Waals surface area contributed by atoms with Gasteiger partial charge in [0.25, 0.3) is 10.0 Å². The number of nitrogens with zero attached hydrogens (tertiary/aromatic N) is 2.